The minimum atomic E-state index is -1.99. The molecule has 3 aliphatic heterocycles. The number of carbonyl (C=O) groups excluding carboxylic acids is 1. The van der Waals surface area contributed by atoms with Crippen LogP contribution in [0.5, 0.6) is 0 Å². The number of amides is 1. The van der Waals surface area contributed by atoms with E-state index in [1.165, 1.54) is 135 Å². The average Bonchev–Trinajstić information content (AvgIpc) is 3.59. The first-order valence-corrected chi connectivity index (χ1v) is 34.5. The highest BCUT2D eigenvalue weighted by atomic mass is 16.8. The van der Waals surface area contributed by atoms with Crippen LogP contribution in [0, 0.1) is 0 Å². The lowest BCUT2D eigenvalue weighted by atomic mass is 9.96. The van der Waals surface area contributed by atoms with Crippen LogP contribution < -0.4 is 5.32 Å². The van der Waals surface area contributed by atoms with Gasteiger partial charge >= 0.3 is 0 Å². The lowest BCUT2D eigenvalue weighted by Gasteiger charge is -2.48. The Morgan fingerprint density at radius 1 is 0.409 bits per heavy atom. The van der Waals surface area contributed by atoms with Crippen LogP contribution in [0.4, 0.5) is 0 Å². The van der Waals surface area contributed by atoms with E-state index >= 15 is 0 Å². The van der Waals surface area contributed by atoms with E-state index in [1.54, 1.807) is 6.08 Å². The Kier molecular flexibility index (Phi) is 46.2. The second-order valence-corrected chi connectivity index (χ2v) is 24.6. The molecule has 3 aliphatic rings. The van der Waals surface area contributed by atoms with Crippen molar-refractivity contribution in [3.05, 3.63) is 60.8 Å². The minimum absolute atomic E-state index is 0.214. The molecule has 0 saturated carbocycles. The molecule has 0 radical (unpaired) electrons. The number of aliphatic hydroxyl groups excluding tert-OH is 11. The van der Waals surface area contributed by atoms with Crippen LogP contribution in [0.3, 0.4) is 0 Å². The van der Waals surface area contributed by atoms with Crippen LogP contribution >= 0.6 is 0 Å². The van der Waals surface area contributed by atoms with Crippen molar-refractivity contribution in [3.8, 4) is 0 Å². The highest BCUT2D eigenvalue weighted by Gasteiger charge is 2.53. The predicted molar refractivity (Wildman–Crippen MR) is 342 cm³/mol. The van der Waals surface area contributed by atoms with Gasteiger partial charge in [0.05, 0.1) is 38.6 Å². The molecule has 17 atom stereocenters. The smallest absolute Gasteiger partial charge is 0.220 e. The molecular formula is C69H123NO18. The zero-order chi connectivity index (χ0) is 64.0. The predicted octanol–water partition coefficient (Wildman–Crippen LogP) is 8.77. The maximum absolute atomic E-state index is 13.4. The van der Waals surface area contributed by atoms with Crippen molar-refractivity contribution in [2.24, 2.45) is 0 Å². The Bertz CT molecular complexity index is 1830. The number of hydrogen-bond acceptors (Lipinski definition) is 18. The average molecular weight is 1250 g/mol. The van der Waals surface area contributed by atoms with Gasteiger partial charge in [-0.3, -0.25) is 4.79 Å². The molecule has 3 fully saturated rings. The highest BCUT2D eigenvalue weighted by molar-refractivity contribution is 5.76. The topological polar surface area (TPSA) is 307 Å². The highest BCUT2D eigenvalue weighted by Crippen LogP contribution is 2.33. The third kappa shape index (κ3) is 32.9. The zero-order valence-electron chi connectivity index (χ0n) is 53.9. The molecule has 0 spiro atoms. The summed E-state index contributed by atoms with van der Waals surface area (Å²) in [5.41, 5.74) is 0. The molecule has 0 aliphatic carbocycles. The number of ether oxygens (including phenoxy) is 6. The molecule has 0 aromatic rings. The van der Waals surface area contributed by atoms with Crippen molar-refractivity contribution < 1.29 is 89.4 Å². The van der Waals surface area contributed by atoms with Gasteiger partial charge in [-0.05, 0) is 77.0 Å². The molecule has 17 unspecified atom stereocenters. The van der Waals surface area contributed by atoms with Gasteiger partial charge in [0, 0.05) is 6.42 Å². The van der Waals surface area contributed by atoms with Crippen molar-refractivity contribution in [2.75, 3.05) is 26.4 Å². The van der Waals surface area contributed by atoms with Crippen molar-refractivity contribution in [1.29, 1.82) is 0 Å². The number of carbonyl (C=O) groups is 1. The molecule has 19 nitrogen and oxygen atoms in total. The number of nitrogens with one attached hydrogen (secondary N) is 1. The Balaban J connectivity index is 1.45. The van der Waals surface area contributed by atoms with Crippen LogP contribution in [-0.4, -0.2) is 193 Å². The van der Waals surface area contributed by atoms with E-state index in [4.69, 9.17) is 28.4 Å². The van der Waals surface area contributed by atoms with E-state index in [2.05, 4.69) is 67.8 Å². The van der Waals surface area contributed by atoms with Gasteiger partial charge in [0.2, 0.25) is 5.91 Å². The molecule has 19 heteroatoms. The first-order chi connectivity index (χ1) is 42.8. The molecule has 88 heavy (non-hydrogen) atoms. The zero-order valence-corrected chi connectivity index (χ0v) is 53.9. The van der Waals surface area contributed by atoms with Gasteiger partial charge in [-0.25, -0.2) is 0 Å². The Morgan fingerprint density at radius 2 is 0.761 bits per heavy atom. The number of unbranched alkanes of at least 4 members (excludes halogenated alkanes) is 28. The Hall–Kier alpha value is -2.51. The van der Waals surface area contributed by atoms with Crippen molar-refractivity contribution in [3.63, 3.8) is 0 Å². The first kappa shape index (κ1) is 79.7. The van der Waals surface area contributed by atoms with Gasteiger partial charge in [-0.2, -0.15) is 0 Å². The fraction of sp³-hybridized carbons (Fsp3) is 0.841. The maximum Gasteiger partial charge on any atom is 0.220 e. The summed E-state index contributed by atoms with van der Waals surface area (Å²) in [5, 5.41) is 120. The van der Waals surface area contributed by atoms with Crippen molar-refractivity contribution in [2.45, 2.75) is 343 Å². The number of aliphatic hydroxyl groups is 11. The van der Waals surface area contributed by atoms with Gasteiger partial charge < -0.3 is 89.9 Å². The summed E-state index contributed by atoms with van der Waals surface area (Å²) in [6, 6.07) is -1.01. The fourth-order valence-corrected chi connectivity index (χ4v) is 11.4. The largest absolute Gasteiger partial charge is 0.394 e. The third-order valence-electron chi connectivity index (χ3n) is 17.0. The molecule has 0 bridgehead atoms. The summed E-state index contributed by atoms with van der Waals surface area (Å²) < 4.78 is 34.3. The molecule has 512 valence electrons. The van der Waals surface area contributed by atoms with Crippen LogP contribution in [0.1, 0.15) is 239 Å². The summed E-state index contributed by atoms with van der Waals surface area (Å²) >= 11 is 0. The van der Waals surface area contributed by atoms with Crippen LogP contribution in [0.15, 0.2) is 60.8 Å². The standard InChI is InChI=1S/C69H123NO18/c1-3-5-7-9-11-13-15-17-19-20-21-22-23-24-25-26-27-28-29-30-31-33-34-36-38-40-42-44-46-53(74)52(70-57(75)47-45-43-41-39-37-35-32-18-16-14-12-10-8-6-4-2)51-83-67-63(81)60(78)65(55(49-72)85-67)88-69-64(82)61(79)66(56(50-73)86-69)87-68-62(80)59(77)58(76)54(48-71)84-68/h12,14,18,30-32,36,38,44,46,52-56,58-69,71-74,76-82H,3-11,13,15-17,19-29,33-35,37,39-43,45,47-51H2,1-2H3,(H,70,75)/b14-12-,31-30+,32-18-,38-36+,46-44+. The van der Waals surface area contributed by atoms with Gasteiger partial charge in [0.1, 0.15) is 73.2 Å². The molecular weight excluding hydrogens is 1130 g/mol. The van der Waals surface area contributed by atoms with Crippen molar-refractivity contribution >= 4 is 5.91 Å². The maximum atomic E-state index is 13.4. The molecule has 0 aromatic heterocycles. The molecule has 3 rings (SSSR count). The molecule has 1 amide bonds. The third-order valence-corrected chi connectivity index (χ3v) is 17.0. The normalized spacial score (nSPS) is 28.8. The summed E-state index contributed by atoms with van der Waals surface area (Å²) in [7, 11) is 0. The van der Waals surface area contributed by atoms with Crippen molar-refractivity contribution in [1.82, 2.24) is 5.32 Å². The lowest BCUT2D eigenvalue weighted by molar-refractivity contribution is -0.379. The Morgan fingerprint density at radius 3 is 1.23 bits per heavy atom. The molecule has 12 N–H and O–H groups in total. The van der Waals surface area contributed by atoms with Crippen LogP contribution in [-0.2, 0) is 33.2 Å². The summed E-state index contributed by atoms with van der Waals surface area (Å²) in [6.45, 7) is 1.67. The Labute approximate surface area is 528 Å². The van der Waals surface area contributed by atoms with Gasteiger partial charge in [-0.15, -0.1) is 0 Å². The SMILES string of the molecule is CCCCC/C=C\C/C=C\CCCCCCCC(=O)NC(COC1OC(CO)C(OC2OC(CO)C(OC3OC(CO)C(O)C(O)C3O)C(O)C2O)C(O)C1O)C(O)/C=C/CC/C=C/CC/C=C/CCCCCCCCCCCCCCCCCCCC. The second kappa shape index (κ2) is 51.0. The number of allylic oxidation sites excluding steroid dienone is 9. The minimum Gasteiger partial charge on any atom is -0.394 e. The quantitative estimate of drug-likeness (QED) is 0.0200. The second-order valence-electron chi connectivity index (χ2n) is 24.6. The summed E-state index contributed by atoms with van der Waals surface area (Å²) in [5.74, 6) is -0.304. The summed E-state index contributed by atoms with van der Waals surface area (Å²) in [6.07, 6.45) is 35.0. The number of hydrogen-bond donors (Lipinski definition) is 12. The first-order valence-electron chi connectivity index (χ1n) is 34.5. The van der Waals surface area contributed by atoms with E-state index in [0.29, 0.717) is 12.8 Å². The van der Waals surface area contributed by atoms with Gasteiger partial charge in [-0.1, -0.05) is 216 Å². The van der Waals surface area contributed by atoms with E-state index in [9.17, 15) is 61.0 Å². The van der Waals surface area contributed by atoms with Gasteiger partial charge in [0.25, 0.3) is 0 Å². The molecule has 3 heterocycles. The van der Waals surface area contributed by atoms with Crippen LogP contribution in [0.2, 0.25) is 0 Å². The van der Waals surface area contributed by atoms with E-state index in [0.717, 1.165) is 70.6 Å². The van der Waals surface area contributed by atoms with E-state index < -0.39 is 124 Å². The molecule has 3 saturated heterocycles. The monoisotopic (exact) mass is 1250 g/mol. The number of rotatable bonds is 52. The fourth-order valence-electron chi connectivity index (χ4n) is 11.4. The summed E-state index contributed by atoms with van der Waals surface area (Å²) in [4.78, 5) is 13.4. The van der Waals surface area contributed by atoms with Gasteiger partial charge in [0.15, 0.2) is 18.9 Å². The van der Waals surface area contributed by atoms with E-state index in [-0.39, 0.29) is 18.9 Å². The van der Waals surface area contributed by atoms with Crippen LogP contribution in [0.25, 0.3) is 0 Å². The lowest BCUT2D eigenvalue weighted by Crippen LogP contribution is -2.66. The van der Waals surface area contributed by atoms with E-state index in [1.807, 2.05) is 6.08 Å². The molecule has 0 aromatic carbocycles.